The molecule has 0 radical (unpaired) electrons. The molecule has 0 fully saturated rings. The molecule has 90 valence electrons. The molecule has 0 aliphatic carbocycles. The summed E-state index contributed by atoms with van der Waals surface area (Å²) in [5.74, 6) is 0. The Hall–Kier alpha value is -0.910. The molecule has 5 heteroatoms. The summed E-state index contributed by atoms with van der Waals surface area (Å²) in [5, 5.41) is 2.42. The van der Waals surface area contributed by atoms with Gasteiger partial charge in [-0.15, -0.1) is 0 Å². The number of hydrogen-bond donors (Lipinski definition) is 2. The first-order valence-corrected chi connectivity index (χ1v) is 6.71. The molecule has 1 rings (SSSR count). The number of hydrogen-bond acceptors (Lipinski definition) is 3. The van der Waals surface area contributed by atoms with Crippen LogP contribution in [0.15, 0.2) is 30.3 Å². The molecule has 4 nitrogen and oxygen atoms in total. The van der Waals surface area contributed by atoms with Crippen molar-refractivity contribution in [3.63, 3.8) is 0 Å². The highest BCUT2D eigenvalue weighted by Gasteiger charge is 2.15. The van der Waals surface area contributed by atoms with Crippen LogP contribution < -0.4 is 5.32 Å². The Balaban J connectivity index is 2.23. The first kappa shape index (κ1) is 13.2. The van der Waals surface area contributed by atoms with Crippen LogP contribution in [0.2, 0.25) is 0 Å². The molecule has 2 N–H and O–H groups in total. The van der Waals surface area contributed by atoms with Crippen LogP contribution in [-0.2, 0) is 16.7 Å². The lowest BCUT2D eigenvalue weighted by atomic mass is 10.2. The average Bonchev–Trinajstić information content (AvgIpc) is 2.24. The van der Waals surface area contributed by atoms with Crippen LogP contribution in [0.4, 0.5) is 0 Å². The van der Waals surface area contributed by atoms with Gasteiger partial charge in [0.25, 0.3) is 10.1 Å². The van der Waals surface area contributed by atoms with Crippen molar-refractivity contribution in [2.24, 2.45) is 0 Å². The minimum Gasteiger partial charge on any atom is -0.313 e. The molecule has 0 aromatic heterocycles. The Bertz CT molecular complexity index is 402. The SMILES string of the molecule is CC(CCNCc1ccccc1)S(=O)(=O)O. The summed E-state index contributed by atoms with van der Waals surface area (Å²) in [4.78, 5) is 0. The molecule has 1 aromatic carbocycles. The summed E-state index contributed by atoms with van der Waals surface area (Å²) in [6.07, 6.45) is 0.408. The van der Waals surface area contributed by atoms with E-state index in [1.807, 2.05) is 30.3 Å². The van der Waals surface area contributed by atoms with E-state index in [0.29, 0.717) is 19.5 Å². The summed E-state index contributed by atoms with van der Waals surface area (Å²) in [7, 11) is -3.89. The molecule has 0 amide bonds. The predicted molar refractivity (Wildman–Crippen MR) is 63.8 cm³/mol. The van der Waals surface area contributed by atoms with Crippen LogP contribution >= 0.6 is 0 Å². The van der Waals surface area contributed by atoms with Crippen LogP contribution in [-0.4, -0.2) is 24.8 Å². The van der Waals surface area contributed by atoms with Gasteiger partial charge < -0.3 is 5.32 Å². The molecule has 0 aliphatic rings. The quantitative estimate of drug-likeness (QED) is 0.586. The first-order valence-electron chi connectivity index (χ1n) is 5.21. The number of rotatable bonds is 6. The molecule has 1 atom stereocenters. The lowest BCUT2D eigenvalue weighted by Crippen LogP contribution is -2.23. The van der Waals surface area contributed by atoms with Crippen LogP contribution in [0.25, 0.3) is 0 Å². The molecule has 1 aromatic rings. The van der Waals surface area contributed by atoms with E-state index in [9.17, 15) is 8.42 Å². The van der Waals surface area contributed by atoms with Crippen molar-refractivity contribution in [2.45, 2.75) is 25.1 Å². The van der Waals surface area contributed by atoms with Crippen LogP contribution in [0.5, 0.6) is 0 Å². The average molecular weight is 243 g/mol. The monoisotopic (exact) mass is 243 g/mol. The van der Waals surface area contributed by atoms with Gasteiger partial charge in [-0.3, -0.25) is 4.55 Å². The summed E-state index contributed by atoms with van der Waals surface area (Å²) < 4.78 is 30.2. The van der Waals surface area contributed by atoms with E-state index in [0.717, 1.165) is 5.56 Å². The lowest BCUT2D eigenvalue weighted by Gasteiger charge is -2.08. The third-order valence-electron chi connectivity index (χ3n) is 2.41. The topological polar surface area (TPSA) is 66.4 Å². The van der Waals surface area contributed by atoms with E-state index in [4.69, 9.17) is 4.55 Å². The van der Waals surface area contributed by atoms with E-state index in [1.54, 1.807) is 0 Å². The summed E-state index contributed by atoms with van der Waals surface area (Å²) in [5.41, 5.74) is 1.15. The molecule has 16 heavy (non-hydrogen) atoms. The van der Waals surface area contributed by atoms with Crippen molar-refractivity contribution in [2.75, 3.05) is 6.54 Å². The molecule has 0 spiro atoms. The van der Waals surface area contributed by atoms with E-state index < -0.39 is 15.4 Å². The van der Waals surface area contributed by atoms with Crippen molar-refractivity contribution in [1.82, 2.24) is 5.32 Å². The summed E-state index contributed by atoms with van der Waals surface area (Å²) in [6.45, 7) is 2.77. The van der Waals surface area contributed by atoms with Crippen LogP contribution in [0, 0.1) is 0 Å². The van der Waals surface area contributed by atoms with Crippen LogP contribution in [0.1, 0.15) is 18.9 Å². The molecule has 1 unspecified atom stereocenters. The fourth-order valence-corrected chi connectivity index (χ4v) is 1.70. The maximum atomic E-state index is 10.7. The Morgan fingerprint density at radius 2 is 1.94 bits per heavy atom. The lowest BCUT2D eigenvalue weighted by molar-refractivity contribution is 0.463. The second-order valence-electron chi connectivity index (χ2n) is 3.78. The van der Waals surface area contributed by atoms with Crippen molar-refractivity contribution in [1.29, 1.82) is 0 Å². The van der Waals surface area contributed by atoms with E-state index in [1.165, 1.54) is 6.92 Å². The van der Waals surface area contributed by atoms with E-state index >= 15 is 0 Å². The van der Waals surface area contributed by atoms with Crippen molar-refractivity contribution in [3.8, 4) is 0 Å². The smallest absolute Gasteiger partial charge is 0.267 e. The summed E-state index contributed by atoms with van der Waals surface area (Å²) >= 11 is 0. The van der Waals surface area contributed by atoms with Gasteiger partial charge in [0.1, 0.15) is 0 Å². The third-order valence-corrected chi connectivity index (χ3v) is 3.66. The summed E-state index contributed by atoms with van der Waals surface area (Å²) in [6, 6.07) is 9.86. The van der Waals surface area contributed by atoms with Crippen molar-refractivity contribution < 1.29 is 13.0 Å². The van der Waals surface area contributed by atoms with Crippen molar-refractivity contribution in [3.05, 3.63) is 35.9 Å². The molecule has 0 heterocycles. The maximum Gasteiger partial charge on any atom is 0.267 e. The minimum absolute atomic E-state index is 0.408. The highest BCUT2D eigenvalue weighted by Crippen LogP contribution is 2.02. The minimum atomic E-state index is -3.89. The molecular formula is C11H17NO3S. The predicted octanol–water partition coefficient (Wildman–Crippen LogP) is 1.44. The highest BCUT2D eigenvalue weighted by molar-refractivity contribution is 7.86. The zero-order valence-electron chi connectivity index (χ0n) is 9.26. The molecule has 0 aliphatic heterocycles. The second-order valence-corrected chi connectivity index (χ2v) is 5.61. The van der Waals surface area contributed by atoms with Gasteiger partial charge in [-0.2, -0.15) is 8.42 Å². The van der Waals surface area contributed by atoms with Gasteiger partial charge in [0.15, 0.2) is 0 Å². The van der Waals surface area contributed by atoms with Gasteiger partial charge in [0.2, 0.25) is 0 Å². The third kappa shape index (κ3) is 4.74. The first-order chi connectivity index (χ1) is 7.50. The molecule has 0 bridgehead atoms. The molecular weight excluding hydrogens is 226 g/mol. The van der Waals surface area contributed by atoms with Gasteiger partial charge in [-0.1, -0.05) is 30.3 Å². The Kier molecular flexibility index (Phi) is 4.92. The Morgan fingerprint density at radius 1 is 1.31 bits per heavy atom. The highest BCUT2D eigenvalue weighted by atomic mass is 32.2. The molecule has 0 saturated carbocycles. The van der Waals surface area contributed by atoms with Gasteiger partial charge >= 0.3 is 0 Å². The number of nitrogens with one attached hydrogen (secondary N) is 1. The van der Waals surface area contributed by atoms with Crippen molar-refractivity contribution >= 4 is 10.1 Å². The zero-order chi connectivity index (χ0) is 12.0. The van der Waals surface area contributed by atoms with E-state index in [2.05, 4.69) is 5.32 Å². The number of benzene rings is 1. The molecule has 0 saturated heterocycles. The zero-order valence-corrected chi connectivity index (χ0v) is 10.1. The second kappa shape index (κ2) is 5.98. The normalized spacial score (nSPS) is 13.6. The standard InChI is InChI=1S/C11H17NO3S/c1-10(16(13,14)15)7-8-12-9-11-5-3-2-4-6-11/h2-6,10,12H,7-9H2,1H3,(H,13,14,15). The van der Waals surface area contributed by atoms with E-state index in [-0.39, 0.29) is 0 Å². The van der Waals surface area contributed by atoms with Gasteiger partial charge in [-0.25, -0.2) is 0 Å². The van der Waals surface area contributed by atoms with Gasteiger partial charge in [-0.05, 0) is 25.5 Å². The largest absolute Gasteiger partial charge is 0.313 e. The van der Waals surface area contributed by atoms with Gasteiger partial charge in [0, 0.05) is 6.54 Å². The van der Waals surface area contributed by atoms with Gasteiger partial charge in [0.05, 0.1) is 5.25 Å². The maximum absolute atomic E-state index is 10.7. The van der Waals surface area contributed by atoms with Crippen LogP contribution in [0.3, 0.4) is 0 Å². The fourth-order valence-electron chi connectivity index (χ4n) is 1.28. The Morgan fingerprint density at radius 3 is 2.50 bits per heavy atom. The Labute approximate surface area is 96.4 Å². The fraction of sp³-hybridized carbons (Fsp3) is 0.455.